The number of anilines is 2. The summed E-state index contributed by atoms with van der Waals surface area (Å²) in [5, 5.41) is 5.72. The molecule has 6 nitrogen and oxygen atoms in total. The molecule has 2 amide bonds. The fourth-order valence-corrected chi connectivity index (χ4v) is 3.40. The lowest BCUT2D eigenvalue weighted by Crippen LogP contribution is -2.30. The largest absolute Gasteiger partial charge is 0.440 e. The molecule has 1 aliphatic heterocycles. The Hall–Kier alpha value is -3.15. The van der Waals surface area contributed by atoms with Crippen molar-refractivity contribution in [1.82, 2.24) is 4.98 Å². The maximum Gasteiger partial charge on any atom is 0.232 e. The first-order valence-corrected chi connectivity index (χ1v) is 8.77. The lowest BCUT2D eigenvalue weighted by Gasteiger charge is -2.24. The number of nitrogens with one attached hydrogen (secondary N) is 2. The van der Waals surface area contributed by atoms with Crippen molar-refractivity contribution in [3.63, 3.8) is 0 Å². The quantitative estimate of drug-likeness (QED) is 0.755. The van der Waals surface area contributed by atoms with E-state index in [-0.39, 0.29) is 18.2 Å². The van der Waals surface area contributed by atoms with Crippen molar-refractivity contribution in [3.8, 4) is 0 Å². The number of para-hydroxylation sites is 1. The van der Waals surface area contributed by atoms with E-state index < -0.39 is 5.92 Å². The molecule has 3 aromatic rings. The topological polar surface area (TPSA) is 84.2 Å². The van der Waals surface area contributed by atoms with Gasteiger partial charge in [-0.15, -0.1) is 0 Å². The van der Waals surface area contributed by atoms with Gasteiger partial charge in [0.1, 0.15) is 5.52 Å². The van der Waals surface area contributed by atoms with Crippen LogP contribution >= 0.6 is 0 Å². The number of fused-ring (bicyclic) bond motifs is 2. The summed E-state index contributed by atoms with van der Waals surface area (Å²) in [6, 6.07) is 12.9. The second-order valence-electron chi connectivity index (χ2n) is 6.89. The second kappa shape index (κ2) is 5.69. The summed E-state index contributed by atoms with van der Waals surface area (Å²) in [6.07, 6.45) is 2.39. The van der Waals surface area contributed by atoms with Crippen LogP contribution in [0, 0.1) is 0 Å². The Labute approximate surface area is 149 Å². The van der Waals surface area contributed by atoms with Crippen LogP contribution in [-0.4, -0.2) is 16.8 Å². The number of nitrogens with zero attached hydrogens (tertiary/aromatic N) is 1. The maximum absolute atomic E-state index is 12.8. The van der Waals surface area contributed by atoms with Crippen LogP contribution in [0.25, 0.3) is 11.1 Å². The normalized spacial score (nSPS) is 19.1. The average Bonchev–Trinajstić information content (AvgIpc) is 3.40. The van der Waals surface area contributed by atoms with Crippen molar-refractivity contribution in [2.45, 2.75) is 31.1 Å². The molecule has 1 atom stereocenters. The van der Waals surface area contributed by atoms with E-state index in [1.165, 1.54) is 0 Å². The predicted molar refractivity (Wildman–Crippen MR) is 97.0 cm³/mol. The number of carbonyl (C=O) groups is 2. The zero-order valence-corrected chi connectivity index (χ0v) is 14.0. The van der Waals surface area contributed by atoms with Gasteiger partial charge in [0.2, 0.25) is 11.8 Å². The fourth-order valence-electron chi connectivity index (χ4n) is 3.40. The summed E-state index contributed by atoms with van der Waals surface area (Å²) < 4.78 is 5.81. The van der Waals surface area contributed by atoms with E-state index in [9.17, 15) is 9.59 Å². The Bertz CT molecular complexity index is 1040. The number of hydrogen-bond donors (Lipinski definition) is 2. The van der Waals surface area contributed by atoms with E-state index in [0.717, 1.165) is 29.8 Å². The molecule has 26 heavy (non-hydrogen) atoms. The monoisotopic (exact) mass is 347 g/mol. The predicted octanol–water partition coefficient (Wildman–Crippen LogP) is 3.77. The van der Waals surface area contributed by atoms with Gasteiger partial charge in [0, 0.05) is 29.8 Å². The van der Waals surface area contributed by atoms with E-state index in [1.807, 2.05) is 36.4 Å². The molecule has 0 unspecified atom stereocenters. The summed E-state index contributed by atoms with van der Waals surface area (Å²) in [4.78, 5) is 29.2. The minimum absolute atomic E-state index is 0.138. The van der Waals surface area contributed by atoms with Gasteiger partial charge in [-0.2, -0.15) is 0 Å². The Kier molecular flexibility index (Phi) is 3.31. The van der Waals surface area contributed by atoms with Crippen molar-refractivity contribution < 1.29 is 14.0 Å². The van der Waals surface area contributed by atoms with Crippen molar-refractivity contribution in [1.29, 1.82) is 0 Å². The van der Waals surface area contributed by atoms with Crippen LogP contribution in [0.4, 0.5) is 11.4 Å². The number of hydrogen-bond acceptors (Lipinski definition) is 4. The lowest BCUT2D eigenvalue weighted by atomic mass is 9.90. The molecule has 0 bridgehead atoms. The third kappa shape index (κ3) is 2.63. The molecule has 2 heterocycles. The molecule has 1 aromatic heterocycles. The van der Waals surface area contributed by atoms with Crippen molar-refractivity contribution >= 4 is 34.3 Å². The first-order valence-electron chi connectivity index (χ1n) is 8.77. The zero-order valence-electron chi connectivity index (χ0n) is 14.0. The minimum Gasteiger partial charge on any atom is -0.440 e. The van der Waals surface area contributed by atoms with Crippen molar-refractivity contribution in [2.75, 3.05) is 10.6 Å². The standard InChI is InChI=1S/C20H17N3O3/c24-18-10-14(13-3-1-2-4-15(13)22-18)19(25)21-12-7-8-16-17(9-12)26-20(23-16)11-5-6-11/h1-4,7-9,11,14H,5-6,10H2,(H,21,25)(H,22,24)/t14-/m0/s1. The van der Waals surface area contributed by atoms with Crippen LogP contribution in [0.3, 0.4) is 0 Å². The smallest absolute Gasteiger partial charge is 0.232 e. The van der Waals surface area contributed by atoms with Gasteiger partial charge in [-0.25, -0.2) is 4.98 Å². The molecule has 6 heteroatoms. The van der Waals surface area contributed by atoms with Gasteiger partial charge in [-0.3, -0.25) is 9.59 Å². The van der Waals surface area contributed by atoms with Crippen molar-refractivity contribution in [3.05, 3.63) is 53.9 Å². The Morgan fingerprint density at radius 1 is 1.19 bits per heavy atom. The third-order valence-electron chi connectivity index (χ3n) is 4.92. The lowest BCUT2D eigenvalue weighted by molar-refractivity contribution is -0.123. The Balaban J connectivity index is 1.41. The number of rotatable bonds is 3. The number of benzene rings is 2. The third-order valence-corrected chi connectivity index (χ3v) is 4.92. The highest BCUT2D eigenvalue weighted by molar-refractivity contribution is 6.05. The van der Waals surface area contributed by atoms with Crippen molar-refractivity contribution in [2.24, 2.45) is 0 Å². The average molecular weight is 347 g/mol. The molecule has 0 spiro atoms. The van der Waals surface area contributed by atoms with Crippen LogP contribution in [0.1, 0.15) is 42.6 Å². The molecule has 0 saturated heterocycles. The highest BCUT2D eigenvalue weighted by Crippen LogP contribution is 2.41. The van der Waals surface area contributed by atoms with E-state index in [1.54, 1.807) is 6.07 Å². The van der Waals surface area contributed by atoms with E-state index >= 15 is 0 Å². The fraction of sp³-hybridized carbons (Fsp3) is 0.250. The van der Waals surface area contributed by atoms with E-state index in [2.05, 4.69) is 15.6 Å². The number of amides is 2. The first kappa shape index (κ1) is 15.1. The van der Waals surface area contributed by atoms with Gasteiger partial charge < -0.3 is 15.1 Å². The number of aromatic nitrogens is 1. The highest BCUT2D eigenvalue weighted by atomic mass is 16.3. The summed E-state index contributed by atoms with van der Waals surface area (Å²) >= 11 is 0. The summed E-state index contributed by atoms with van der Waals surface area (Å²) in [5.74, 6) is 0.364. The SMILES string of the molecule is O=C1C[C@H](C(=O)Nc2ccc3nc(C4CC4)oc3c2)c2ccccc2N1. The molecular formula is C20H17N3O3. The van der Waals surface area contributed by atoms with Crippen LogP contribution < -0.4 is 10.6 Å². The molecule has 1 aliphatic carbocycles. The summed E-state index contributed by atoms with van der Waals surface area (Å²) in [7, 11) is 0. The van der Waals surface area contributed by atoms with Crippen LogP contribution in [0.5, 0.6) is 0 Å². The molecule has 2 aromatic carbocycles. The Morgan fingerprint density at radius 3 is 2.88 bits per heavy atom. The minimum atomic E-state index is -0.507. The molecular weight excluding hydrogens is 330 g/mol. The van der Waals surface area contributed by atoms with Crippen LogP contribution in [0.2, 0.25) is 0 Å². The van der Waals surface area contributed by atoms with Crippen LogP contribution in [0.15, 0.2) is 46.9 Å². The van der Waals surface area contributed by atoms with Gasteiger partial charge in [0.25, 0.3) is 0 Å². The molecule has 1 saturated carbocycles. The molecule has 5 rings (SSSR count). The summed E-state index contributed by atoms with van der Waals surface area (Å²) in [6.45, 7) is 0. The molecule has 0 radical (unpaired) electrons. The van der Waals surface area contributed by atoms with Gasteiger partial charge in [0.05, 0.1) is 5.92 Å². The number of oxazole rings is 1. The Morgan fingerprint density at radius 2 is 2.04 bits per heavy atom. The van der Waals surface area contributed by atoms with E-state index in [4.69, 9.17) is 4.42 Å². The van der Waals surface area contributed by atoms with E-state index in [0.29, 0.717) is 22.9 Å². The molecule has 2 N–H and O–H groups in total. The zero-order chi connectivity index (χ0) is 17.7. The second-order valence-corrected chi connectivity index (χ2v) is 6.89. The van der Waals surface area contributed by atoms with Gasteiger partial charge in [0.15, 0.2) is 11.5 Å². The molecule has 130 valence electrons. The molecule has 1 fully saturated rings. The van der Waals surface area contributed by atoms with Gasteiger partial charge in [-0.05, 0) is 36.6 Å². The first-order chi connectivity index (χ1) is 12.7. The van der Waals surface area contributed by atoms with Gasteiger partial charge >= 0.3 is 0 Å². The maximum atomic E-state index is 12.8. The molecule has 2 aliphatic rings. The highest BCUT2D eigenvalue weighted by Gasteiger charge is 2.31. The van der Waals surface area contributed by atoms with Crippen LogP contribution in [-0.2, 0) is 9.59 Å². The van der Waals surface area contributed by atoms with Gasteiger partial charge in [-0.1, -0.05) is 18.2 Å². The summed E-state index contributed by atoms with van der Waals surface area (Å²) in [5.41, 5.74) is 3.65. The number of carbonyl (C=O) groups excluding carboxylic acids is 2.